The SMILES string of the molecule is CC(C)NC(=O)Nc1ccc(-c2noc(-c3cccs3)n2)cc1. The van der Waals surface area contributed by atoms with Gasteiger partial charge in [0.05, 0.1) is 4.88 Å². The maximum atomic E-state index is 11.7. The molecule has 2 heterocycles. The topological polar surface area (TPSA) is 80.0 Å². The summed E-state index contributed by atoms with van der Waals surface area (Å²) in [6, 6.07) is 11.0. The van der Waals surface area contributed by atoms with Crippen molar-refractivity contribution in [3.63, 3.8) is 0 Å². The molecule has 3 rings (SSSR count). The molecule has 23 heavy (non-hydrogen) atoms. The third-order valence-corrected chi connectivity index (χ3v) is 3.84. The predicted octanol–water partition coefficient (Wildman–Crippen LogP) is 4.00. The van der Waals surface area contributed by atoms with E-state index in [1.54, 1.807) is 23.5 Å². The minimum Gasteiger partial charge on any atom is -0.336 e. The fourth-order valence-electron chi connectivity index (χ4n) is 1.97. The third-order valence-electron chi connectivity index (χ3n) is 2.98. The van der Waals surface area contributed by atoms with Gasteiger partial charge in [-0.15, -0.1) is 11.3 Å². The fourth-order valence-corrected chi connectivity index (χ4v) is 2.62. The Labute approximate surface area is 137 Å². The number of aromatic nitrogens is 2. The highest BCUT2D eigenvalue weighted by atomic mass is 32.1. The van der Waals surface area contributed by atoms with E-state index in [4.69, 9.17) is 4.52 Å². The number of amides is 2. The summed E-state index contributed by atoms with van der Waals surface area (Å²) in [5, 5.41) is 11.5. The number of thiophene rings is 1. The number of carbonyl (C=O) groups excluding carboxylic acids is 1. The van der Waals surface area contributed by atoms with E-state index in [0.29, 0.717) is 17.4 Å². The molecule has 0 fully saturated rings. The molecule has 3 aromatic rings. The Morgan fingerprint density at radius 2 is 2.00 bits per heavy atom. The van der Waals surface area contributed by atoms with Crippen LogP contribution in [0.15, 0.2) is 46.3 Å². The van der Waals surface area contributed by atoms with Crippen LogP contribution < -0.4 is 10.6 Å². The minimum atomic E-state index is -0.229. The lowest BCUT2D eigenvalue weighted by atomic mass is 10.2. The van der Waals surface area contributed by atoms with Gasteiger partial charge in [0.25, 0.3) is 5.89 Å². The molecule has 0 radical (unpaired) electrons. The van der Waals surface area contributed by atoms with Crippen molar-refractivity contribution in [2.24, 2.45) is 0 Å². The molecule has 2 amide bonds. The van der Waals surface area contributed by atoms with Gasteiger partial charge in [0.1, 0.15) is 0 Å². The summed E-state index contributed by atoms with van der Waals surface area (Å²) in [6.07, 6.45) is 0. The zero-order chi connectivity index (χ0) is 16.2. The van der Waals surface area contributed by atoms with Gasteiger partial charge in [-0.05, 0) is 49.6 Å². The molecular weight excluding hydrogens is 312 g/mol. The predicted molar refractivity (Wildman–Crippen MR) is 90.3 cm³/mol. The molecule has 2 aromatic heterocycles. The van der Waals surface area contributed by atoms with E-state index in [0.717, 1.165) is 10.4 Å². The van der Waals surface area contributed by atoms with Crippen molar-refractivity contribution in [1.29, 1.82) is 0 Å². The Morgan fingerprint density at radius 3 is 2.65 bits per heavy atom. The van der Waals surface area contributed by atoms with Crippen LogP contribution >= 0.6 is 11.3 Å². The maximum absolute atomic E-state index is 11.7. The van der Waals surface area contributed by atoms with Crippen LogP contribution in [0.5, 0.6) is 0 Å². The first kappa shape index (κ1) is 15.2. The second-order valence-electron chi connectivity index (χ2n) is 5.23. The summed E-state index contributed by atoms with van der Waals surface area (Å²) in [6.45, 7) is 3.81. The highest BCUT2D eigenvalue weighted by molar-refractivity contribution is 7.13. The van der Waals surface area contributed by atoms with Crippen molar-refractivity contribution < 1.29 is 9.32 Å². The summed E-state index contributed by atoms with van der Waals surface area (Å²) in [5.41, 5.74) is 1.53. The Bertz CT molecular complexity index is 779. The normalized spacial score (nSPS) is 10.7. The highest BCUT2D eigenvalue weighted by Crippen LogP contribution is 2.26. The van der Waals surface area contributed by atoms with Gasteiger partial charge in [0, 0.05) is 17.3 Å². The molecule has 2 N–H and O–H groups in total. The molecule has 118 valence electrons. The van der Waals surface area contributed by atoms with E-state index in [2.05, 4.69) is 20.8 Å². The van der Waals surface area contributed by atoms with Crippen molar-refractivity contribution in [2.45, 2.75) is 19.9 Å². The largest absolute Gasteiger partial charge is 0.336 e. The van der Waals surface area contributed by atoms with Gasteiger partial charge < -0.3 is 15.2 Å². The second-order valence-corrected chi connectivity index (χ2v) is 6.18. The number of rotatable bonds is 4. The quantitative estimate of drug-likeness (QED) is 0.759. The standard InChI is InChI=1S/C16H16N4O2S/c1-10(2)17-16(21)18-12-7-5-11(6-8-12)14-19-15(22-20-14)13-4-3-9-23-13/h3-10H,1-2H3,(H2,17,18,21). The molecule has 0 aliphatic rings. The number of carbonyl (C=O) groups is 1. The van der Waals surface area contributed by atoms with Crippen molar-refractivity contribution in [2.75, 3.05) is 5.32 Å². The molecule has 6 nitrogen and oxygen atoms in total. The Hall–Kier alpha value is -2.67. The van der Waals surface area contributed by atoms with Crippen molar-refractivity contribution >= 4 is 23.1 Å². The first-order chi connectivity index (χ1) is 11.1. The Kier molecular flexibility index (Phi) is 4.38. The van der Waals surface area contributed by atoms with Crippen LogP contribution in [0.2, 0.25) is 0 Å². The van der Waals surface area contributed by atoms with E-state index in [1.807, 2.05) is 43.5 Å². The Balaban J connectivity index is 1.71. The number of hydrogen-bond acceptors (Lipinski definition) is 5. The van der Waals surface area contributed by atoms with E-state index in [9.17, 15) is 4.79 Å². The fraction of sp³-hybridized carbons (Fsp3) is 0.188. The lowest BCUT2D eigenvalue weighted by molar-refractivity contribution is 0.250. The Morgan fingerprint density at radius 1 is 1.22 bits per heavy atom. The molecule has 7 heteroatoms. The van der Waals surface area contributed by atoms with Crippen molar-refractivity contribution in [3.8, 4) is 22.2 Å². The zero-order valence-electron chi connectivity index (χ0n) is 12.7. The van der Waals surface area contributed by atoms with Gasteiger partial charge in [-0.25, -0.2) is 4.79 Å². The van der Waals surface area contributed by atoms with Gasteiger partial charge in [-0.1, -0.05) is 11.2 Å². The van der Waals surface area contributed by atoms with Crippen LogP contribution in [0, 0.1) is 0 Å². The number of benzene rings is 1. The first-order valence-corrected chi connectivity index (χ1v) is 8.05. The molecule has 1 aromatic carbocycles. The van der Waals surface area contributed by atoms with Gasteiger partial charge in [-0.2, -0.15) is 4.98 Å². The summed E-state index contributed by atoms with van der Waals surface area (Å²) in [5.74, 6) is 1.03. The second kappa shape index (κ2) is 6.62. The number of hydrogen-bond donors (Lipinski definition) is 2. The molecule has 0 atom stereocenters. The van der Waals surface area contributed by atoms with Crippen LogP contribution in [-0.4, -0.2) is 22.2 Å². The number of urea groups is 1. The lowest BCUT2D eigenvalue weighted by Gasteiger charge is -2.10. The summed E-state index contributed by atoms with van der Waals surface area (Å²) >= 11 is 1.55. The average molecular weight is 328 g/mol. The molecule has 0 saturated carbocycles. The lowest BCUT2D eigenvalue weighted by Crippen LogP contribution is -2.34. The highest BCUT2D eigenvalue weighted by Gasteiger charge is 2.11. The van der Waals surface area contributed by atoms with Crippen LogP contribution in [-0.2, 0) is 0 Å². The van der Waals surface area contributed by atoms with Gasteiger partial charge >= 0.3 is 6.03 Å². The van der Waals surface area contributed by atoms with E-state index >= 15 is 0 Å². The summed E-state index contributed by atoms with van der Waals surface area (Å²) in [4.78, 5) is 17.0. The summed E-state index contributed by atoms with van der Waals surface area (Å²) < 4.78 is 5.27. The minimum absolute atomic E-state index is 0.0873. The van der Waals surface area contributed by atoms with Crippen molar-refractivity contribution in [1.82, 2.24) is 15.5 Å². The molecule has 0 unspecified atom stereocenters. The number of nitrogens with one attached hydrogen (secondary N) is 2. The molecule has 0 spiro atoms. The van der Waals surface area contributed by atoms with Crippen molar-refractivity contribution in [3.05, 3.63) is 41.8 Å². The summed E-state index contributed by atoms with van der Waals surface area (Å²) in [7, 11) is 0. The molecule has 0 aliphatic carbocycles. The van der Waals surface area contributed by atoms with Crippen LogP contribution in [0.4, 0.5) is 10.5 Å². The van der Waals surface area contributed by atoms with Gasteiger partial charge in [-0.3, -0.25) is 0 Å². The molecule has 0 aliphatic heterocycles. The number of nitrogens with zero attached hydrogens (tertiary/aromatic N) is 2. The maximum Gasteiger partial charge on any atom is 0.319 e. The van der Waals surface area contributed by atoms with Gasteiger partial charge in [0.15, 0.2) is 0 Å². The zero-order valence-corrected chi connectivity index (χ0v) is 13.6. The average Bonchev–Trinajstić information content (AvgIpc) is 3.18. The number of anilines is 1. The molecule has 0 saturated heterocycles. The molecule has 0 bridgehead atoms. The van der Waals surface area contributed by atoms with E-state index in [-0.39, 0.29) is 12.1 Å². The molecular formula is C16H16N4O2S. The first-order valence-electron chi connectivity index (χ1n) is 7.17. The van der Waals surface area contributed by atoms with Crippen LogP contribution in [0.3, 0.4) is 0 Å². The van der Waals surface area contributed by atoms with E-state index in [1.165, 1.54) is 0 Å². The van der Waals surface area contributed by atoms with Crippen LogP contribution in [0.1, 0.15) is 13.8 Å². The third kappa shape index (κ3) is 3.75. The van der Waals surface area contributed by atoms with Gasteiger partial charge in [0.2, 0.25) is 5.82 Å². The smallest absolute Gasteiger partial charge is 0.319 e. The van der Waals surface area contributed by atoms with Crippen LogP contribution in [0.25, 0.3) is 22.2 Å². The van der Waals surface area contributed by atoms with E-state index < -0.39 is 0 Å². The monoisotopic (exact) mass is 328 g/mol.